The van der Waals surface area contributed by atoms with E-state index in [-0.39, 0.29) is 0 Å². The van der Waals surface area contributed by atoms with Crippen molar-refractivity contribution in [2.24, 2.45) is 5.41 Å². The Balaban J connectivity index is 4.36. The molecule has 0 spiro atoms. The molecule has 0 aliphatic rings. The van der Waals surface area contributed by atoms with Crippen LogP contribution in [0.5, 0.6) is 0 Å². The normalized spacial score (nSPS) is 16.1. The summed E-state index contributed by atoms with van der Waals surface area (Å²) in [5.74, 6) is 0. The van der Waals surface area contributed by atoms with E-state index in [0.717, 1.165) is 18.9 Å². The Morgan fingerprint density at radius 3 is 2.07 bits per heavy atom. The maximum absolute atomic E-state index is 12.4. The highest BCUT2D eigenvalue weighted by atomic mass is 19.4. The molecule has 1 unspecified atom stereocenters. The van der Waals surface area contributed by atoms with Crippen molar-refractivity contribution in [3.8, 4) is 0 Å². The number of halogens is 3. The Bertz CT molecular complexity index is 182. The van der Waals surface area contributed by atoms with Crippen molar-refractivity contribution < 1.29 is 23.1 Å². The summed E-state index contributed by atoms with van der Waals surface area (Å²) in [5, 5.41) is 10.3. The van der Waals surface area contributed by atoms with Crippen molar-refractivity contribution in [2.45, 2.75) is 32.7 Å². The van der Waals surface area contributed by atoms with Crippen LogP contribution in [0.4, 0.5) is 13.2 Å². The highest BCUT2D eigenvalue weighted by Crippen LogP contribution is 2.41. The Morgan fingerprint density at radius 1 is 1.36 bits per heavy atom. The molecule has 86 valence electrons. The molecule has 0 rings (SSSR count). The fourth-order valence-electron chi connectivity index (χ4n) is 0.822. The summed E-state index contributed by atoms with van der Waals surface area (Å²) < 4.78 is 37.2. The summed E-state index contributed by atoms with van der Waals surface area (Å²) in [4.78, 5) is 4.59. The number of hydrogen-bond donors (Lipinski definition) is 1. The number of nitrogens with zero attached hydrogens (tertiary/aromatic N) is 1. The van der Waals surface area contributed by atoms with Gasteiger partial charge in [-0.15, -0.1) is 0 Å². The summed E-state index contributed by atoms with van der Waals surface area (Å²) in [5.41, 5.74) is -1.93. The van der Waals surface area contributed by atoms with E-state index in [2.05, 4.69) is 4.84 Å². The van der Waals surface area contributed by atoms with Crippen LogP contribution in [0.2, 0.25) is 0 Å². The average molecular weight is 215 g/mol. The fraction of sp³-hybridized carbons (Fsp3) is 1.00. The molecule has 0 aromatic carbocycles. The number of alkyl halides is 3. The number of rotatable bonds is 4. The molecule has 0 amide bonds. The Morgan fingerprint density at radius 2 is 1.79 bits per heavy atom. The van der Waals surface area contributed by atoms with Gasteiger partial charge in [0.25, 0.3) is 0 Å². The number of aliphatic hydroxyl groups is 1. The summed E-state index contributed by atoms with van der Waals surface area (Å²) in [6.45, 7) is 2.08. The van der Waals surface area contributed by atoms with Gasteiger partial charge in [0.2, 0.25) is 0 Å². The number of aliphatic hydroxyl groups excluding tert-OH is 1. The lowest BCUT2D eigenvalue weighted by Crippen LogP contribution is -2.41. The zero-order valence-electron chi connectivity index (χ0n) is 8.72. The first kappa shape index (κ1) is 13.7. The SMILES string of the molecule is CON(C)C(O)CC(C)(C)C(F)(F)F. The van der Waals surface area contributed by atoms with Crippen molar-refractivity contribution in [1.29, 1.82) is 0 Å². The maximum Gasteiger partial charge on any atom is 0.394 e. The smallest absolute Gasteiger partial charge is 0.376 e. The minimum atomic E-state index is -4.33. The van der Waals surface area contributed by atoms with Gasteiger partial charge in [-0.3, -0.25) is 0 Å². The lowest BCUT2D eigenvalue weighted by molar-refractivity contribution is -0.254. The second kappa shape index (κ2) is 4.46. The highest BCUT2D eigenvalue weighted by Gasteiger charge is 2.48. The Labute approximate surface area is 81.4 Å². The van der Waals surface area contributed by atoms with Crippen LogP contribution in [-0.4, -0.2) is 36.7 Å². The van der Waals surface area contributed by atoms with Crippen molar-refractivity contribution in [3.63, 3.8) is 0 Å². The van der Waals surface area contributed by atoms with Crippen LogP contribution in [0.3, 0.4) is 0 Å². The van der Waals surface area contributed by atoms with E-state index < -0.39 is 24.2 Å². The molecule has 1 N–H and O–H groups in total. The fourth-order valence-corrected chi connectivity index (χ4v) is 0.822. The minimum absolute atomic E-state index is 0.430. The van der Waals surface area contributed by atoms with Crippen LogP contribution in [0.25, 0.3) is 0 Å². The third-order valence-electron chi connectivity index (χ3n) is 2.17. The predicted octanol–water partition coefficient (Wildman–Crippen LogP) is 1.78. The van der Waals surface area contributed by atoms with Crippen molar-refractivity contribution >= 4 is 0 Å². The predicted molar refractivity (Wildman–Crippen MR) is 45.2 cm³/mol. The largest absolute Gasteiger partial charge is 0.394 e. The summed E-state index contributed by atoms with van der Waals surface area (Å²) in [6.07, 6.45) is -6.03. The van der Waals surface area contributed by atoms with Crippen LogP contribution in [0.15, 0.2) is 0 Å². The molecule has 3 nitrogen and oxygen atoms in total. The minimum Gasteiger partial charge on any atom is -0.376 e. The molecule has 0 bridgehead atoms. The van der Waals surface area contributed by atoms with Gasteiger partial charge in [0.05, 0.1) is 12.5 Å². The summed E-state index contributed by atoms with van der Waals surface area (Å²) in [6, 6.07) is 0. The zero-order chi connectivity index (χ0) is 11.6. The second-order valence-electron chi connectivity index (χ2n) is 3.80. The second-order valence-corrected chi connectivity index (χ2v) is 3.80. The zero-order valence-corrected chi connectivity index (χ0v) is 8.72. The molecule has 0 aromatic rings. The van der Waals surface area contributed by atoms with E-state index in [1.165, 1.54) is 14.2 Å². The Kier molecular flexibility index (Phi) is 4.35. The standard InChI is InChI=1S/C8H16F3NO2/c1-7(2,8(9,10)11)5-6(13)12(3)14-4/h6,13H,5H2,1-4H3. The van der Waals surface area contributed by atoms with Gasteiger partial charge in [0.1, 0.15) is 6.23 Å². The third kappa shape index (κ3) is 3.43. The van der Waals surface area contributed by atoms with E-state index in [4.69, 9.17) is 0 Å². The number of hydroxylamine groups is 2. The first-order chi connectivity index (χ1) is 6.12. The van der Waals surface area contributed by atoms with Gasteiger partial charge in [0, 0.05) is 13.5 Å². The first-order valence-corrected chi connectivity index (χ1v) is 4.13. The van der Waals surface area contributed by atoms with Crippen LogP contribution in [0.1, 0.15) is 20.3 Å². The molecular formula is C8H16F3NO2. The molecule has 0 saturated heterocycles. The van der Waals surface area contributed by atoms with E-state index in [9.17, 15) is 18.3 Å². The molecule has 0 saturated carbocycles. The first-order valence-electron chi connectivity index (χ1n) is 4.13. The maximum atomic E-state index is 12.4. The van der Waals surface area contributed by atoms with Crippen LogP contribution >= 0.6 is 0 Å². The van der Waals surface area contributed by atoms with Crippen LogP contribution in [0, 0.1) is 5.41 Å². The van der Waals surface area contributed by atoms with Crippen LogP contribution < -0.4 is 0 Å². The van der Waals surface area contributed by atoms with E-state index >= 15 is 0 Å². The van der Waals surface area contributed by atoms with E-state index in [0.29, 0.717) is 0 Å². The quantitative estimate of drug-likeness (QED) is 0.573. The molecule has 6 heteroatoms. The molecule has 0 heterocycles. The van der Waals surface area contributed by atoms with E-state index in [1.54, 1.807) is 0 Å². The van der Waals surface area contributed by atoms with Crippen molar-refractivity contribution in [3.05, 3.63) is 0 Å². The average Bonchev–Trinajstić information content (AvgIpc) is 2.00. The molecule has 14 heavy (non-hydrogen) atoms. The monoisotopic (exact) mass is 215 g/mol. The number of hydrogen-bond acceptors (Lipinski definition) is 3. The van der Waals surface area contributed by atoms with Gasteiger partial charge in [-0.05, 0) is 0 Å². The lowest BCUT2D eigenvalue weighted by Gasteiger charge is -2.32. The molecular weight excluding hydrogens is 199 g/mol. The third-order valence-corrected chi connectivity index (χ3v) is 2.17. The van der Waals surface area contributed by atoms with Gasteiger partial charge < -0.3 is 9.94 Å². The summed E-state index contributed by atoms with van der Waals surface area (Å²) in [7, 11) is 2.65. The molecule has 1 atom stereocenters. The van der Waals surface area contributed by atoms with Gasteiger partial charge in [-0.2, -0.15) is 18.2 Å². The van der Waals surface area contributed by atoms with Crippen molar-refractivity contribution in [1.82, 2.24) is 5.06 Å². The molecule has 0 aromatic heterocycles. The molecule has 0 aliphatic carbocycles. The molecule has 0 fully saturated rings. The van der Waals surface area contributed by atoms with Gasteiger partial charge in [0.15, 0.2) is 0 Å². The van der Waals surface area contributed by atoms with Crippen LogP contribution in [-0.2, 0) is 4.84 Å². The van der Waals surface area contributed by atoms with Gasteiger partial charge in [-0.25, -0.2) is 0 Å². The van der Waals surface area contributed by atoms with E-state index in [1.807, 2.05) is 0 Å². The van der Waals surface area contributed by atoms with Gasteiger partial charge in [-0.1, -0.05) is 13.8 Å². The topological polar surface area (TPSA) is 32.7 Å². The van der Waals surface area contributed by atoms with Gasteiger partial charge >= 0.3 is 6.18 Å². The Hall–Kier alpha value is -0.330. The summed E-state index contributed by atoms with van der Waals surface area (Å²) >= 11 is 0. The van der Waals surface area contributed by atoms with Crippen molar-refractivity contribution in [2.75, 3.05) is 14.2 Å². The highest BCUT2D eigenvalue weighted by molar-refractivity contribution is 4.79. The lowest BCUT2D eigenvalue weighted by atomic mass is 9.88. The molecule has 0 radical (unpaired) electrons. The molecule has 0 aliphatic heterocycles.